The first-order valence-electron chi connectivity index (χ1n) is 5.62. The van der Waals surface area contributed by atoms with Crippen molar-refractivity contribution < 1.29 is 9.53 Å². The standard InChI is InChI=1S/C13H16ClNO2/c1-13(2)9-15(12(16)7-14)8-10-5-3-4-6-11(10)17-13/h3-6H,7-9H2,1-2H3. The Morgan fingerprint density at radius 3 is 2.88 bits per heavy atom. The minimum Gasteiger partial charge on any atom is -0.486 e. The van der Waals surface area contributed by atoms with E-state index in [1.807, 2.05) is 38.1 Å². The molecule has 1 aromatic carbocycles. The Morgan fingerprint density at radius 1 is 1.47 bits per heavy atom. The van der Waals surface area contributed by atoms with E-state index in [2.05, 4.69) is 0 Å². The molecule has 4 heteroatoms. The molecule has 92 valence electrons. The molecule has 0 fully saturated rings. The molecular formula is C13H16ClNO2. The lowest BCUT2D eigenvalue weighted by Crippen LogP contribution is -2.43. The van der Waals surface area contributed by atoms with Gasteiger partial charge in [-0.3, -0.25) is 4.79 Å². The Labute approximate surface area is 106 Å². The van der Waals surface area contributed by atoms with Crippen LogP contribution in [-0.2, 0) is 11.3 Å². The monoisotopic (exact) mass is 253 g/mol. The number of carbonyl (C=O) groups is 1. The summed E-state index contributed by atoms with van der Waals surface area (Å²) in [5.41, 5.74) is 0.630. The van der Waals surface area contributed by atoms with Crippen LogP contribution in [0, 0.1) is 0 Å². The van der Waals surface area contributed by atoms with Crippen molar-refractivity contribution in [1.29, 1.82) is 0 Å². The van der Waals surface area contributed by atoms with E-state index in [-0.39, 0.29) is 11.8 Å². The number of alkyl halides is 1. The number of nitrogens with zero attached hydrogens (tertiary/aromatic N) is 1. The summed E-state index contributed by atoms with van der Waals surface area (Å²) in [6, 6.07) is 7.80. The minimum atomic E-state index is -0.395. The molecule has 3 nitrogen and oxygen atoms in total. The van der Waals surface area contributed by atoms with Crippen molar-refractivity contribution in [1.82, 2.24) is 4.90 Å². The van der Waals surface area contributed by atoms with Crippen molar-refractivity contribution in [3.05, 3.63) is 29.8 Å². The van der Waals surface area contributed by atoms with Gasteiger partial charge in [-0.1, -0.05) is 18.2 Å². The van der Waals surface area contributed by atoms with Gasteiger partial charge >= 0.3 is 0 Å². The summed E-state index contributed by atoms with van der Waals surface area (Å²) in [4.78, 5) is 13.5. The van der Waals surface area contributed by atoms with Gasteiger partial charge in [0.05, 0.1) is 6.54 Å². The highest BCUT2D eigenvalue weighted by atomic mass is 35.5. The van der Waals surface area contributed by atoms with E-state index in [0.29, 0.717) is 13.1 Å². The van der Waals surface area contributed by atoms with Gasteiger partial charge in [0.2, 0.25) is 5.91 Å². The van der Waals surface area contributed by atoms with E-state index in [9.17, 15) is 4.79 Å². The molecule has 1 aliphatic rings. The Balaban J connectivity index is 2.35. The fourth-order valence-electron chi connectivity index (χ4n) is 2.05. The molecule has 0 spiro atoms. The van der Waals surface area contributed by atoms with Crippen LogP contribution in [-0.4, -0.2) is 28.8 Å². The number of halogens is 1. The third-order valence-electron chi connectivity index (χ3n) is 2.76. The second-order valence-corrected chi connectivity index (χ2v) is 5.12. The van der Waals surface area contributed by atoms with Crippen molar-refractivity contribution in [2.24, 2.45) is 0 Å². The van der Waals surface area contributed by atoms with Crippen molar-refractivity contribution in [3.8, 4) is 5.75 Å². The summed E-state index contributed by atoms with van der Waals surface area (Å²) in [5, 5.41) is 0. The minimum absolute atomic E-state index is 0.0121. The lowest BCUT2D eigenvalue weighted by atomic mass is 10.1. The van der Waals surface area contributed by atoms with Gasteiger partial charge in [0.25, 0.3) is 0 Å². The summed E-state index contributed by atoms with van der Waals surface area (Å²) in [6.45, 7) is 5.06. The van der Waals surface area contributed by atoms with E-state index in [4.69, 9.17) is 16.3 Å². The van der Waals surface area contributed by atoms with Gasteiger partial charge in [-0.2, -0.15) is 0 Å². The third kappa shape index (κ3) is 2.72. The van der Waals surface area contributed by atoms with Gasteiger partial charge in [0.15, 0.2) is 0 Å². The Morgan fingerprint density at radius 2 is 2.18 bits per heavy atom. The molecule has 0 atom stereocenters. The Hall–Kier alpha value is -1.22. The molecule has 0 aromatic heterocycles. The number of amides is 1. The molecule has 17 heavy (non-hydrogen) atoms. The molecule has 1 aliphatic heterocycles. The van der Waals surface area contributed by atoms with Crippen LogP contribution in [0.25, 0.3) is 0 Å². The zero-order valence-corrected chi connectivity index (χ0v) is 10.8. The van der Waals surface area contributed by atoms with Crippen LogP contribution in [0.1, 0.15) is 19.4 Å². The largest absolute Gasteiger partial charge is 0.486 e. The third-order valence-corrected chi connectivity index (χ3v) is 2.99. The highest BCUT2D eigenvalue weighted by Gasteiger charge is 2.30. The van der Waals surface area contributed by atoms with Crippen LogP contribution in [0.5, 0.6) is 5.75 Å². The average molecular weight is 254 g/mol. The van der Waals surface area contributed by atoms with Crippen molar-refractivity contribution in [2.75, 3.05) is 12.4 Å². The molecule has 0 unspecified atom stereocenters. The Bertz CT molecular complexity index is 431. The summed E-state index contributed by atoms with van der Waals surface area (Å²) in [7, 11) is 0. The number of rotatable bonds is 1. The predicted octanol–water partition coefficient (Wildman–Crippen LogP) is 2.43. The summed E-state index contributed by atoms with van der Waals surface area (Å²) in [5.74, 6) is 0.806. The van der Waals surface area contributed by atoms with E-state index in [0.717, 1.165) is 11.3 Å². The summed E-state index contributed by atoms with van der Waals surface area (Å²) < 4.78 is 5.93. The lowest BCUT2D eigenvalue weighted by Gasteiger charge is -2.29. The number of fused-ring (bicyclic) bond motifs is 1. The maximum absolute atomic E-state index is 11.8. The van der Waals surface area contributed by atoms with Crippen LogP contribution in [0.3, 0.4) is 0 Å². The lowest BCUT2D eigenvalue weighted by molar-refractivity contribution is -0.130. The zero-order valence-electron chi connectivity index (χ0n) is 10.1. The second kappa shape index (κ2) is 4.57. The first-order valence-corrected chi connectivity index (χ1v) is 6.16. The number of carbonyl (C=O) groups excluding carboxylic acids is 1. The topological polar surface area (TPSA) is 29.5 Å². The number of ether oxygens (including phenoxy) is 1. The smallest absolute Gasteiger partial charge is 0.237 e. The van der Waals surface area contributed by atoms with Crippen LogP contribution in [0.15, 0.2) is 24.3 Å². The normalized spacial score (nSPS) is 17.9. The molecule has 2 rings (SSSR count). The van der Waals surface area contributed by atoms with Gasteiger partial charge in [0.1, 0.15) is 17.2 Å². The maximum Gasteiger partial charge on any atom is 0.237 e. The summed E-state index contributed by atoms with van der Waals surface area (Å²) >= 11 is 5.63. The zero-order chi connectivity index (χ0) is 12.5. The molecule has 0 saturated heterocycles. The number of hydrogen-bond donors (Lipinski definition) is 0. The van der Waals surface area contributed by atoms with E-state index >= 15 is 0 Å². The van der Waals surface area contributed by atoms with Crippen molar-refractivity contribution in [3.63, 3.8) is 0 Å². The molecule has 0 radical (unpaired) electrons. The van der Waals surface area contributed by atoms with Crippen molar-refractivity contribution in [2.45, 2.75) is 26.0 Å². The maximum atomic E-state index is 11.8. The first-order chi connectivity index (χ1) is 8.02. The fourth-order valence-corrected chi connectivity index (χ4v) is 2.22. The molecular weight excluding hydrogens is 238 g/mol. The molecule has 0 aliphatic carbocycles. The van der Waals surface area contributed by atoms with Crippen LogP contribution in [0.4, 0.5) is 0 Å². The van der Waals surface area contributed by atoms with Crippen LogP contribution < -0.4 is 4.74 Å². The SMILES string of the molecule is CC1(C)CN(C(=O)CCl)Cc2ccccc2O1. The van der Waals surface area contributed by atoms with Gasteiger partial charge in [-0.05, 0) is 19.9 Å². The molecule has 1 aromatic rings. The molecule has 1 amide bonds. The molecule has 0 bridgehead atoms. The van der Waals surface area contributed by atoms with E-state index in [1.54, 1.807) is 4.90 Å². The fraction of sp³-hybridized carbons (Fsp3) is 0.462. The van der Waals surface area contributed by atoms with E-state index in [1.165, 1.54) is 0 Å². The van der Waals surface area contributed by atoms with Crippen LogP contribution >= 0.6 is 11.6 Å². The van der Waals surface area contributed by atoms with Gasteiger partial charge in [-0.15, -0.1) is 11.6 Å². The average Bonchev–Trinajstić information content (AvgIpc) is 2.42. The van der Waals surface area contributed by atoms with Gasteiger partial charge in [-0.25, -0.2) is 0 Å². The number of hydrogen-bond acceptors (Lipinski definition) is 2. The number of para-hydroxylation sites is 1. The molecule has 0 N–H and O–H groups in total. The van der Waals surface area contributed by atoms with E-state index < -0.39 is 5.60 Å². The Kier molecular flexibility index (Phi) is 3.29. The molecule has 1 heterocycles. The van der Waals surface area contributed by atoms with Gasteiger partial charge < -0.3 is 9.64 Å². The van der Waals surface area contributed by atoms with Gasteiger partial charge in [0, 0.05) is 12.1 Å². The summed E-state index contributed by atoms with van der Waals surface area (Å²) in [6.07, 6.45) is 0. The number of benzene rings is 1. The second-order valence-electron chi connectivity index (χ2n) is 4.85. The van der Waals surface area contributed by atoms with Crippen molar-refractivity contribution >= 4 is 17.5 Å². The first kappa shape index (κ1) is 12.2. The highest BCUT2D eigenvalue weighted by molar-refractivity contribution is 6.27. The quantitative estimate of drug-likeness (QED) is 0.720. The highest BCUT2D eigenvalue weighted by Crippen LogP contribution is 2.29. The molecule has 0 saturated carbocycles. The predicted molar refractivity (Wildman–Crippen MR) is 67.3 cm³/mol. The van der Waals surface area contributed by atoms with Crippen LogP contribution in [0.2, 0.25) is 0 Å².